The molecule has 57 heavy (non-hydrogen) atoms. The van der Waals surface area contributed by atoms with E-state index in [2.05, 4.69) is 48.8 Å². The lowest BCUT2D eigenvalue weighted by Gasteiger charge is -2.20. The molecule has 0 aliphatic heterocycles. The molecule has 1 unspecified atom stereocenters. The number of allylic oxidation sites excluding steroid dienone is 6. The summed E-state index contributed by atoms with van der Waals surface area (Å²) in [6.07, 6.45) is 44.0. The molecule has 0 saturated heterocycles. The van der Waals surface area contributed by atoms with Crippen LogP contribution >= 0.6 is 7.82 Å². The summed E-state index contributed by atoms with van der Waals surface area (Å²) in [5, 5.41) is 18.3. The topological polar surface area (TPSA) is 149 Å². The fraction of sp³-hybridized carbons (Fsp3) is 0.826. The number of rotatable bonds is 43. The van der Waals surface area contributed by atoms with Crippen LogP contribution in [0.2, 0.25) is 0 Å². The fourth-order valence-electron chi connectivity index (χ4n) is 6.25. The predicted octanol–water partition coefficient (Wildman–Crippen LogP) is 12.3. The van der Waals surface area contributed by atoms with Crippen LogP contribution in [0.5, 0.6) is 0 Å². The highest BCUT2D eigenvalue weighted by atomic mass is 31.2. The van der Waals surface area contributed by atoms with Crippen molar-refractivity contribution >= 4 is 19.8 Å². The zero-order chi connectivity index (χ0) is 41.9. The highest BCUT2D eigenvalue weighted by Crippen LogP contribution is 2.43. The smallest absolute Gasteiger partial charge is 0.462 e. The van der Waals surface area contributed by atoms with Crippen molar-refractivity contribution in [2.24, 2.45) is 0 Å². The first kappa shape index (κ1) is 55.2. The molecule has 0 heterocycles. The summed E-state index contributed by atoms with van der Waals surface area (Å²) in [5.74, 6) is -0.979. The minimum Gasteiger partial charge on any atom is -0.462 e. The number of hydrogen-bond donors (Lipinski definition) is 3. The molecule has 0 saturated carbocycles. The monoisotopic (exact) mass is 829 g/mol. The van der Waals surface area contributed by atoms with Crippen LogP contribution in [0.3, 0.4) is 0 Å². The van der Waals surface area contributed by atoms with E-state index in [1.165, 1.54) is 122 Å². The fourth-order valence-corrected chi connectivity index (χ4v) is 7.03. The van der Waals surface area contributed by atoms with Crippen molar-refractivity contribution in [2.45, 2.75) is 219 Å². The van der Waals surface area contributed by atoms with Gasteiger partial charge in [-0.2, -0.15) is 0 Å². The Kier molecular flexibility index (Phi) is 41.0. The molecule has 11 heteroatoms. The van der Waals surface area contributed by atoms with Gasteiger partial charge in [0.15, 0.2) is 6.10 Å². The van der Waals surface area contributed by atoms with Crippen LogP contribution in [0.4, 0.5) is 0 Å². The average molecular weight is 829 g/mol. The van der Waals surface area contributed by atoms with Crippen LogP contribution in [0.1, 0.15) is 206 Å². The number of unbranched alkanes of at least 4 members (excludes halogenated alkanes) is 23. The minimum absolute atomic E-state index is 0.172. The van der Waals surface area contributed by atoms with Crippen LogP contribution in [-0.2, 0) is 32.7 Å². The van der Waals surface area contributed by atoms with Crippen LogP contribution in [0.25, 0.3) is 0 Å². The number of hydrogen-bond acceptors (Lipinski definition) is 9. The minimum atomic E-state index is -4.63. The molecule has 0 aromatic carbocycles. The first-order chi connectivity index (χ1) is 27.7. The van der Waals surface area contributed by atoms with Gasteiger partial charge in [-0.1, -0.05) is 185 Å². The largest absolute Gasteiger partial charge is 0.472 e. The van der Waals surface area contributed by atoms with Gasteiger partial charge >= 0.3 is 19.8 Å². The van der Waals surface area contributed by atoms with E-state index in [4.69, 9.17) is 19.1 Å². The first-order valence-electron chi connectivity index (χ1n) is 22.9. The van der Waals surface area contributed by atoms with Gasteiger partial charge in [-0.15, -0.1) is 0 Å². The molecule has 334 valence electrons. The van der Waals surface area contributed by atoms with Gasteiger partial charge in [0, 0.05) is 12.8 Å². The summed E-state index contributed by atoms with van der Waals surface area (Å²) in [6.45, 7) is 2.34. The van der Waals surface area contributed by atoms with Gasteiger partial charge in [0.05, 0.1) is 19.8 Å². The third kappa shape index (κ3) is 42.1. The Morgan fingerprint density at radius 1 is 0.526 bits per heavy atom. The van der Waals surface area contributed by atoms with Gasteiger partial charge < -0.3 is 24.6 Å². The maximum absolute atomic E-state index is 12.6. The first-order valence-corrected chi connectivity index (χ1v) is 24.4. The number of ether oxygens (including phenoxy) is 2. The van der Waals surface area contributed by atoms with Crippen molar-refractivity contribution in [1.29, 1.82) is 0 Å². The second-order valence-corrected chi connectivity index (χ2v) is 16.9. The molecule has 0 aromatic rings. The molecule has 0 rings (SSSR count). The lowest BCUT2D eigenvalue weighted by atomic mass is 10.0. The number of phosphoric acid groups is 1. The normalized spacial score (nSPS) is 14.1. The number of aliphatic hydroxyl groups is 2. The Hall–Kier alpha value is -1.81. The molecular weight excluding hydrogens is 743 g/mol. The zero-order valence-electron chi connectivity index (χ0n) is 36.3. The zero-order valence-corrected chi connectivity index (χ0v) is 37.2. The summed E-state index contributed by atoms with van der Waals surface area (Å²) < 4.78 is 32.7. The standard InChI is InChI=1S/C46H85O10P/c1-3-5-7-9-11-13-15-17-19-21-23-25-27-29-31-33-35-37-45(49)53-41-44(42-55-57(51,52)54-40-43(48)39-47)56-46(50)38-36-34-32-30-28-26-24-22-20-18-16-14-12-10-8-6-4-2/h17,19,23,25,29,31,43-44,47-48H,3-16,18,20-22,24,26-28,30,32-42H2,1-2H3,(H,51,52)/b19-17+,25-23+,31-29+/t43-,44+/m0/s1. The van der Waals surface area contributed by atoms with E-state index >= 15 is 0 Å². The third-order valence-corrected chi connectivity index (χ3v) is 10.7. The van der Waals surface area contributed by atoms with E-state index < -0.39 is 51.8 Å². The Labute approximate surface area is 348 Å². The number of phosphoric ester groups is 1. The number of esters is 2. The van der Waals surface area contributed by atoms with Gasteiger partial charge in [-0.05, 0) is 44.9 Å². The summed E-state index contributed by atoms with van der Waals surface area (Å²) in [4.78, 5) is 35.0. The lowest BCUT2D eigenvalue weighted by molar-refractivity contribution is -0.161. The van der Waals surface area contributed by atoms with Gasteiger partial charge in [-0.25, -0.2) is 4.57 Å². The summed E-state index contributed by atoms with van der Waals surface area (Å²) in [5.41, 5.74) is 0. The summed E-state index contributed by atoms with van der Waals surface area (Å²) >= 11 is 0. The van der Waals surface area contributed by atoms with Gasteiger partial charge in [0.25, 0.3) is 0 Å². The molecule has 3 N–H and O–H groups in total. The molecule has 10 nitrogen and oxygen atoms in total. The Bertz CT molecular complexity index is 1050. The van der Waals surface area contributed by atoms with E-state index in [1.54, 1.807) is 0 Å². The van der Waals surface area contributed by atoms with Crippen molar-refractivity contribution in [3.05, 3.63) is 36.5 Å². The van der Waals surface area contributed by atoms with Crippen molar-refractivity contribution in [3.63, 3.8) is 0 Å². The van der Waals surface area contributed by atoms with Crippen molar-refractivity contribution in [1.82, 2.24) is 0 Å². The van der Waals surface area contributed by atoms with Crippen molar-refractivity contribution in [2.75, 3.05) is 26.4 Å². The summed E-state index contributed by atoms with van der Waals surface area (Å²) in [7, 11) is -4.63. The van der Waals surface area contributed by atoms with Crippen molar-refractivity contribution in [3.8, 4) is 0 Å². The van der Waals surface area contributed by atoms with E-state index in [-0.39, 0.29) is 19.4 Å². The lowest BCUT2D eigenvalue weighted by Crippen LogP contribution is -2.29. The predicted molar refractivity (Wildman–Crippen MR) is 233 cm³/mol. The van der Waals surface area contributed by atoms with E-state index in [9.17, 15) is 24.2 Å². The number of carbonyl (C=O) groups excluding carboxylic acids is 2. The SMILES string of the molecule is CCCCCCCC/C=C/C/C=C/C/C=C/CCCC(=O)OC[C@H](COP(=O)(O)OC[C@@H](O)CO)OC(=O)CCCCCCCCCCCCCCCCCCC. The molecule has 0 aliphatic carbocycles. The number of aliphatic hydroxyl groups excluding tert-OH is 2. The van der Waals surface area contributed by atoms with Crippen LogP contribution in [-0.4, -0.2) is 65.7 Å². The Morgan fingerprint density at radius 3 is 1.42 bits per heavy atom. The van der Waals surface area contributed by atoms with E-state index in [1.807, 2.05) is 6.08 Å². The van der Waals surface area contributed by atoms with Crippen molar-refractivity contribution < 1.29 is 47.8 Å². The second-order valence-electron chi connectivity index (χ2n) is 15.4. The molecule has 0 aromatic heterocycles. The Balaban J connectivity index is 4.32. The van der Waals surface area contributed by atoms with Crippen LogP contribution in [0, 0.1) is 0 Å². The maximum Gasteiger partial charge on any atom is 0.472 e. The third-order valence-electron chi connectivity index (χ3n) is 9.80. The molecule has 0 bridgehead atoms. The van der Waals surface area contributed by atoms with E-state index in [0.29, 0.717) is 19.3 Å². The average Bonchev–Trinajstić information content (AvgIpc) is 3.20. The molecule has 0 spiro atoms. The highest BCUT2D eigenvalue weighted by molar-refractivity contribution is 7.47. The molecule has 0 radical (unpaired) electrons. The quantitative estimate of drug-likeness (QED) is 0.0235. The van der Waals surface area contributed by atoms with Crippen LogP contribution < -0.4 is 0 Å². The second kappa shape index (κ2) is 42.3. The summed E-state index contributed by atoms with van der Waals surface area (Å²) in [6, 6.07) is 0. The van der Waals surface area contributed by atoms with E-state index in [0.717, 1.165) is 38.5 Å². The highest BCUT2D eigenvalue weighted by Gasteiger charge is 2.27. The van der Waals surface area contributed by atoms with Gasteiger partial charge in [0.2, 0.25) is 0 Å². The molecule has 0 amide bonds. The maximum atomic E-state index is 12.6. The molecule has 0 fully saturated rings. The molecular formula is C46H85O10P. The van der Waals surface area contributed by atoms with Gasteiger partial charge in [-0.3, -0.25) is 18.6 Å². The molecule has 3 atom stereocenters. The number of carbonyl (C=O) groups is 2. The van der Waals surface area contributed by atoms with Gasteiger partial charge in [0.1, 0.15) is 12.7 Å². The van der Waals surface area contributed by atoms with Crippen LogP contribution in [0.15, 0.2) is 36.5 Å². The Morgan fingerprint density at radius 2 is 0.930 bits per heavy atom. The molecule has 0 aliphatic rings.